The highest BCUT2D eigenvalue weighted by Crippen LogP contribution is 2.26. The Labute approximate surface area is 95.1 Å². The quantitative estimate of drug-likeness (QED) is 0.669. The Bertz CT molecular complexity index is 287. The largest absolute Gasteiger partial charge is 0.480 e. The molecule has 5 heteroatoms. The molecule has 1 unspecified atom stereocenters. The number of hydrogen-bond donors (Lipinski definition) is 2. The van der Waals surface area contributed by atoms with E-state index in [1.54, 1.807) is 17.9 Å². The van der Waals surface area contributed by atoms with Crippen molar-refractivity contribution in [2.75, 3.05) is 6.54 Å². The Hall–Kier alpha value is -1.52. The van der Waals surface area contributed by atoms with Gasteiger partial charge in [-0.15, -0.1) is 6.58 Å². The van der Waals surface area contributed by atoms with Crippen molar-refractivity contribution in [1.29, 1.82) is 0 Å². The fraction of sp³-hybridized carbons (Fsp3) is 0.636. The van der Waals surface area contributed by atoms with Gasteiger partial charge < -0.3 is 15.3 Å². The molecule has 0 bridgehead atoms. The van der Waals surface area contributed by atoms with E-state index in [1.807, 2.05) is 0 Å². The molecule has 0 aromatic rings. The Morgan fingerprint density at radius 2 is 2.25 bits per heavy atom. The molecule has 2 amide bonds. The van der Waals surface area contributed by atoms with E-state index >= 15 is 0 Å². The normalized spacial score (nSPS) is 16.3. The van der Waals surface area contributed by atoms with Crippen molar-refractivity contribution >= 4 is 12.0 Å². The van der Waals surface area contributed by atoms with E-state index in [0.29, 0.717) is 13.0 Å². The smallest absolute Gasteiger partial charge is 0.326 e. The number of carbonyl (C=O) groups excluding carboxylic acids is 1. The number of carbonyl (C=O) groups is 2. The SMILES string of the molecule is C=CCN(C(=O)NC(CC)C(=O)O)C1CC1. The van der Waals surface area contributed by atoms with Crippen molar-refractivity contribution in [3.63, 3.8) is 0 Å². The van der Waals surface area contributed by atoms with Crippen LogP contribution in [-0.2, 0) is 4.79 Å². The predicted molar refractivity (Wildman–Crippen MR) is 60.2 cm³/mol. The summed E-state index contributed by atoms with van der Waals surface area (Å²) in [4.78, 5) is 24.2. The summed E-state index contributed by atoms with van der Waals surface area (Å²) in [6, 6.07) is -0.862. The molecule has 0 spiro atoms. The zero-order valence-electron chi connectivity index (χ0n) is 9.48. The van der Waals surface area contributed by atoms with Crippen molar-refractivity contribution in [2.24, 2.45) is 0 Å². The molecule has 1 aliphatic rings. The van der Waals surface area contributed by atoms with Gasteiger partial charge in [0.1, 0.15) is 6.04 Å². The molecular weight excluding hydrogens is 208 g/mol. The van der Waals surface area contributed by atoms with Crippen molar-refractivity contribution in [3.8, 4) is 0 Å². The van der Waals surface area contributed by atoms with Gasteiger partial charge in [-0.1, -0.05) is 13.0 Å². The van der Waals surface area contributed by atoms with Gasteiger partial charge in [-0.25, -0.2) is 9.59 Å². The average molecular weight is 226 g/mol. The van der Waals surface area contributed by atoms with E-state index < -0.39 is 12.0 Å². The van der Waals surface area contributed by atoms with Gasteiger partial charge in [-0.3, -0.25) is 0 Å². The first-order valence-corrected chi connectivity index (χ1v) is 5.51. The maximum absolute atomic E-state index is 11.8. The van der Waals surface area contributed by atoms with Crippen LogP contribution < -0.4 is 5.32 Å². The van der Waals surface area contributed by atoms with Crippen molar-refractivity contribution in [2.45, 2.75) is 38.3 Å². The van der Waals surface area contributed by atoms with Crippen LogP contribution in [0.2, 0.25) is 0 Å². The lowest BCUT2D eigenvalue weighted by Gasteiger charge is -2.23. The molecular formula is C11H18N2O3. The number of nitrogens with one attached hydrogen (secondary N) is 1. The lowest BCUT2D eigenvalue weighted by Crippen LogP contribution is -2.48. The van der Waals surface area contributed by atoms with Crippen LogP contribution in [0.4, 0.5) is 4.79 Å². The van der Waals surface area contributed by atoms with Crippen LogP contribution >= 0.6 is 0 Å². The molecule has 1 rings (SSSR count). The molecule has 16 heavy (non-hydrogen) atoms. The molecule has 1 aliphatic carbocycles. The zero-order valence-corrected chi connectivity index (χ0v) is 9.48. The fourth-order valence-electron chi connectivity index (χ4n) is 1.49. The van der Waals surface area contributed by atoms with E-state index in [2.05, 4.69) is 11.9 Å². The van der Waals surface area contributed by atoms with Crippen LogP contribution in [0.3, 0.4) is 0 Å². The van der Waals surface area contributed by atoms with Crippen LogP contribution in [-0.4, -0.2) is 40.6 Å². The van der Waals surface area contributed by atoms with E-state index in [9.17, 15) is 9.59 Å². The minimum atomic E-state index is -0.995. The Morgan fingerprint density at radius 1 is 1.62 bits per heavy atom. The van der Waals surface area contributed by atoms with Crippen molar-refractivity contribution < 1.29 is 14.7 Å². The molecule has 0 saturated heterocycles. The van der Waals surface area contributed by atoms with Crippen LogP contribution in [0, 0.1) is 0 Å². The van der Waals surface area contributed by atoms with Gasteiger partial charge in [-0.2, -0.15) is 0 Å². The van der Waals surface area contributed by atoms with Gasteiger partial charge in [0.05, 0.1) is 0 Å². The van der Waals surface area contributed by atoms with E-state index in [1.165, 1.54) is 0 Å². The minimum Gasteiger partial charge on any atom is -0.480 e. The number of amides is 2. The molecule has 0 aromatic carbocycles. The highest BCUT2D eigenvalue weighted by Gasteiger charge is 2.33. The molecule has 1 fully saturated rings. The molecule has 1 atom stereocenters. The summed E-state index contributed by atoms with van der Waals surface area (Å²) in [5.41, 5.74) is 0. The second kappa shape index (κ2) is 5.53. The molecule has 0 heterocycles. The van der Waals surface area contributed by atoms with Crippen LogP contribution in [0.25, 0.3) is 0 Å². The zero-order chi connectivity index (χ0) is 12.1. The summed E-state index contributed by atoms with van der Waals surface area (Å²) in [5.74, 6) is -0.995. The number of carboxylic acids is 1. The summed E-state index contributed by atoms with van der Waals surface area (Å²) < 4.78 is 0. The highest BCUT2D eigenvalue weighted by molar-refractivity contribution is 5.82. The van der Waals surface area contributed by atoms with Crippen LogP contribution in [0.5, 0.6) is 0 Å². The fourth-order valence-corrected chi connectivity index (χ4v) is 1.49. The van der Waals surface area contributed by atoms with Gasteiger partial charge in [0.25, 0.3) is 0 Å². The standard InChI is InChI=1S/C11H18N2O3/c1-3-7-13(8-5-6-8)11(16)12-9(4-2)10(14)15/h3,8-9H,1,4-7H2,2H3,(H,12,16)(H,14,15). The lowest BCUT2D eigenvalue weighted by molar-refractivity contribution is -0.139. The summed E-state index contributed by atoms with van der Waals surface area (Å²) in [6.45, 7) is 5.78. The third-order valence-electron chi connectivity index (χ3n) is 2.58. The number of nitrogens with zero attached hydrogens (tertiary/aromatic N) is 1. The predicted octanol–water partition coefficient (Wildman–Crippen LogP) is 1.21. The maximum Gasteiger partial charge on any atom is 0.326 e. The third-order valence-corrected chi connectivity index (χ3v) is 2.58. The third kappa shape index (κ3) is 3.25. The highest BCUT2D eigenvalue weighted by atomic mass is 16.4. The molecule has 90 valence electrons. The maximum atomic E-state index is 11.8. The van der Waals surface area contributed by atoms with E-state index in [-0.39, 0.29) is 12.1 Å². The first-order chi connectivity index (χ1) is 7.60. The van der Waals surface area contributed by atoms with Crippen LogP contribution in [0.15, 0.2) is 12.7 Å². The summed E-state index contributed by atoms with van der Waals surface area (Å²) >= 11 is 0. The Balaban J connectivity index is 2.53. The number of aliphatic carboxylic acids is 1. The van der Waals surface area contributed by atoms with Crippen molar-refractivity contribution in [3.05, 3.63) is 12.7 Å². The Kier molecular flexibility index (Phi) is 4.34. The number of hydrogen-bond acceptors (Lipinski definition) is 2. The summed E-state index contributed by atoms with van der Waals surface area (Å²) in [6.07, 6.45) is 4.02. The monoisotopic (exact) mass is 226 g/mol. The first-order valence-electron chi connectivity index (χ1n) is 5.51. The van der Waals surface area contributed by atoms with Gasteiger partial charge >= 0.3 is 12.0 Å². The van der Waals surface area contributed by atoms with E-state index in [4.69, 9.17) is 5.11 Å². The topological polar surface area (TPSA) is 69.6 Å². The van der Waals surface area contributed by atoms with Crippen molar-refractivity contribution in [1.82, 2.24) is 10.2 Å². The molecule has 0 radical (unpaired) electrons. The average Bonchev–Trinajstić information content (AvgIpc) is 3.05. The van der Waals surface area contributed by atoms with Gasteiger partial charge in [0, 0.05) is 12.6 Å². The molecule has 0 aliphatic heterocycles. The first kappa shape index (κ1) is 12.5. The summed E-state index contributed by atoms with van der Waals surface area (Å²) in [5, 5.41) is 11.3. The van der Waals surface area contributed by atoms with Gasteiger partial charge in [0.2, 0.25) is 0 Å². The summed E-state index contributed by atoms with van der Waals surface area (Å²) in [7, 11) is 0. The number of rotatable bonds is 6. The molecule has 0 aromatic heterocycles. The second-order valence-corrected chi connectivity index (χ2v) is 3.92. The van der Waals surface area contributed by atoms with Gasteiger partial charge in [-0.05, 0) is 19.3 Å². The van der Waals surface area contributed by atoms with Crippen LogP contribution in [0.1, 0.15) is 26.2 Å². The molecule has 1 saturated carbocycles. The van der Waals surface area contributed by atoms with Gasteiger partial charge in [0.15, 0.2) is 0 Å². The van der Waals surface area contributed by atoms with E-state index in [0.717, 1.165) is 12.8 Å². The minimum absolute atomic E-state index is 0.254. The number of urea groups is 1. The molecule has 5 nitrogen and oxygen atoms in total. The second-order valence-electron chi connectivity index (χ2n) is 3.92. The lowest BCUT2D eigenvalue weighted by atomic mass is 10.2. The Morgan fingerprint density at radius 3 is 2.62 bits per heavy atom. The molecule has 2 N–H and O–H groups in total. The number of carboxylic acid groups (broad SMARTS) is 1.